The van der Waals surface area contributed by atoms with Gasteiger partial charge in [0.25, 0.3) is 0 Å². The van der Waals surface area contributed by atoms with Gasteiger partial charge in [-0.05, 0) is 30.5 Å². The third kappa shape index (κ3) is 4.55. The van der Waals surface area contributed by atoms with E-state index in [1.165, 1.54) is 31.4 Å². The topological polar surface area (TPSA) is 59.0 Å². The number of hydrogen-bond acceptors (Lipinski definition) is 2. The van der Waals surface area contributed by atoms with Crippen molar-refractivity contribution in [1.82, 2.24) is 15.1 Å². The molecule has 1 saturated carbocycles. The molecule has 0 aliphatic heterocycles. The summed E-state index contributed by atoms with van der Waals surface area (Å²) < 4.78 is 14.8. The van der Waals surface area contributed by atoms with Gasteiger partial charge in [0.2, 0.25) is 0 Å². The van der Waals surface area contributed by atoms with E-state index < -0.39 is 0 Å². The van der Waals surface area contributed by atoms with Gasteiger partial charge in [-0.1, -0.05) is 31.4 Å². The Kier molecular flexibility index (Phi) is 4.90. The highest BCUT2D eigenvalue weighted by atomic mass is 19.1. The monoisotopic (exact) mass is 316 g/mol. The summed E-state index contributed by atoms with van der Waals surface area (Å²) in [6.07, 6.45) is 7.45. The minimum absolute atomic E-state index is 0.215. The smallest absolute Gasteiger partial charge is 0.320 e. The summed E-state index contributed by atoms with van der Waals surface area (Å²) in [5.41, 5.74) is 0.825. The zero-order valence-corrected chi connectivity index (χ0v) is 13.0. The fraction of sp³-hybridized carbons (Fsp3) is 0.412. The molecule has 1 aliphatic rings. The van der Waals surface area contributed by atoms with Crippen LogP contribution in [0.25, 0.3) is 0 Å². The van der Waals surface area contributed by atoms with Gasteiger partial charge in [0.15, 0.2) is 5.82 Å². The van der Waals surface area contributed by atoms with Crippen LogP contribution in [0.2, 0.25) is 0 Å². The predicted octanol–water partition coefficient (Wildman–Crippen LogP) is 3.52. The molecule has 122 valence electrons. The van der Waals surface area contributed by atoms with E-state index in [0.29, 0.717) is 12.4 Å². The number of carbonyl (C=O) groups is 1. The molecule has 0 unspecified atom stereocenters. The lowest BCUT2D eigenvalue weighted by atomic mass is 9.96. The number of hydrogen-bond donors (Lipinski definition) is 2. The lowest BCUT2D eigenvalue weighted by Crippen LogP contribution is -2.39. The molecule has 1 aliphatic carbocycles. The molecule has 2 N–H and O–H groups in total. The van der Waals surface area contributed by atoms with Crippen molar-refractivity contribution in [2.24, 2.45) is 0 Å². The first kappa shape index (κ1) is 15.5. The highest BCUT2D eigenvalue weighted by Crippen LogP contribution is 2.17. The first-order chi connectivity index (χ1) is 11.2. The van der Waals surface area contributed by atoms with E-state index >= 15 is 0 Å². The van der Waals surface area contributed by atoms with E-state index in [0.717, 1.165) is 18.4 Å². The Morgan fingerprint density at radius 1 is 1.26 bits per heavy atom. The average molecular weight is 316 g/mol. The number of halogens is 1. The fourth-order valence-electron chi connectivity index (χ4n) is 2.92. The standard InChI is InChI=1S/C17H21FN4O/c18-14-6-4-5-13(11-14)12-22-10-9-16(21-22)20-17(23)19-15-7-2-1-3-8-15/h4-6,9-11,15H,1-3,7-8,12H2,(H2,19,20,21,23). The number of amides is 2. The molecule has 1 heterocycles. The zero-order chi connectivity index (χ0) is 16.1. The Morgan fingerprint density at radius 3 is 2.87 bits per heavy atom. The summed E-state index contributed by atoms with van der Waals surface area (Å²) >= 11 is 0. The van der Waals surface area contributed by atoms with Gasteiger partial charge in [-0.15, -0.1) is 0 Å². The van der Waals surface area contributed by atoms with Gasteiger partial charge in [-0.25, -0.2) is 9.18 Å². The summed E-state index contributed by atoms with van der Waals surface area (Å²) in [5, 5.41) is 10.0. The van der Waals surface area contributed by atoms with Crippen LogP contribution in [0, 0.1) is 5.82 Å². The maximum atomic E-state index is 13.2. The molecular weight excluding hydrogens is 295 g/mol. The Bertz CT molecular complexity index is 664. The molecule has 0 atom stereocenters. The first-order valence-corrected chi connectivity index (χ1v) is 8.04. The highest BCUT2D eigenvalue weighted by Gasteiger charge is 2.16. The number of aromatic nitrogens is 2. The first-order valence-electron chi connectivity index (χ1n) is 8.04. The van der Waals surface area contributed by atoms with Crippen LogP contribution < -0.4 is 10.6 Å². The number of carbonyl (C=O) groups excluding carboxylic acids is 1. The van der Waals surface area contributed by atoms with Crippen molar-refractivity contribution in [3.05, 3.63) is 47.9 Å². The van der Waals surface area contributed by atoms with Crippen molar-refractivity contribution >= 4 is 11.8 Å². The van der Waals surface area contributed by atoms with E-state index in [4.69, 9.17) is 0 Å². The van der Waals surface area contributed by atoms with Crippen molar-refractivity contribution in [2.45, 2.75) is 44.7 Å². The van der Waals surface area contributed by atoms with Gasteiger partial charge in [-0.2, -0.15) is 5.10 Å². The third-order valence-corrected chi connectivity index (χ3v) is 4.06. The van der Waals surface area contributed by atoms with Gasteiger partial charge in [0, 0.05) is 18.3 Å². The van der Waals surface area contributed by atoms with Gasteiger partial charge >= 0.3 is 6.03 Å². The molecule has 0 spiro atoms. The Morgan fingerprint density at radius 2 is 2.09 bits per heavy atom. The molecule has 0 saturated heterocycles. The number of nitrogens with one attached hydrogen (secondary N) is 2. The zero-order valence-electron chi connectivity index (χ0n) is 13.0. The second kappa shape index (κ2) is 7.26. The molecule has 2 aromatic rings. The SMILES string of the molecule is O=C(Nc1ccn(Cc2cccc(F)c2)n1)NC1CCCCC1. The molecule has 23 heavy (non-hydrogen) atoms. The molecule has 0 radical (unpaired) electrons. The predicted molar refractivity (Wildman–Crippen MR) is 86.8 cm³/mol. The largest absolute Gasteiger partial charge is 0.335 e. The second-order valence-corrected chi connectivity index (χ2v) is 5.96. The van der Waals surface area contributed by atoms with Crippen molar-refractivity contribution in [3.63, 3.8) is 0 Å². The van der Waals surface area contributed by atoms with E-state index in [2.05, 4.69) is 15.7 Å². The molecular formula is C17H21FN4O. The lowest BCUT2D eigenvalue weighted by molar-refractivity contribution is 0.244. The molecule has 1 aromatic heterocycles. The van der Waals surface area contributed by atoms with E-state index in [-0.39, 0.29) is 17.9 Å². The van der Waals surface area contributed by atoms with Crippen molar-refractivity contribution < 1.29 is 9.18 Å². The summed E-state index contributed by atoms with van der Waals surface area (Å²) in [7, 11) is 0. The summed E-state index contributed by atoms with van der Waals surface area (Å²) in [4.78, 5) is 12.0. The van der Waals surface area contributed by atoms with E-state index in [1.54, 1.807) is 23.0 Å². The lowest BCUT2D eigenvalue weighted by Gasteiger charge is -2.22. The van der Waals surface area contributed by atoms with Crippen molar-refractivity contribution in [1.29, 1.82) is 0 Å². The molecule has 0 bridgehead atoms. The maximum absolute atomic E-state index is 13.2. The summed E-state index contributed by atoms with van der Waals surface area (Å²) in [6, 6.07) is 8.18. The number of urea groups is 1. The minimum Gasteiger partial charge on any atom is -0.335 e. The van der Waals surface area contributed by atoms with Gasteiger partial charge in [0.05, 0.1) is 6.54 Å². The van der Waals surface area contributed by atoms with Gasteiger partial charge in [0.1, 0.15) is 5.82 Å². The van der Waals surface area contributed by atoms with Crippen LogP contribution in [0.3, 0.4) is 0 Å². The van der Waals surface area contributed by atoms with Crippen LogP contribution in [0.4, 0.5) is 15.0 Å². The van der Waals surface area contributed by atoms with Crippen LogP contribution in [0.15, 0.2) is 36.5 Å². The normalized spacial score (nSPS) is 15.3. The van der Waals surface area contributed by atoms with Crippen LogP contribution >= 0.6 is 0 Å². The Balaban J connectivity index is 1.53. The average Bonchev–Trinajstić information content (AvgIpc) is 2.95. The van der Waals surface area contributed by atoms with E-state index in [1.807, 2.05) is 6.07 Å². The molecule has 6 heteroatoms. The maximum Gasteiger partial charge on any atom is 0.320 e. The van der Waals surface area contributed by atoms with Crippen molar-refractivity contribution in [3.8, 4) is 0 Å². The fourth-order valence-corrected chi connectivity index (χ4v) is 2.92. The van der Waals surface area contributed by atoms with Crippen LogP contribution in [0.5, 0.6) is 0 Å². The van der Waals surface area contributed by atoms with Crippen LogP contribution in [-0.2, 0) is 6.54 Å². The molecule has 5 nitrogen and oxygen atoms in total. The number of anilines is 1. The minimum atomic E-state index is -0.264. The molecule has 1 aromatic carbocycles. The van der Waals surface area contributed by atoms with Gasteiger partial charge in [-0.3, -0.25) is 10.00 Å². The van der Waals surface area contributed by atoms with Gasteiger partial charge < -0.3 is 5.32 Å². The van der Waals surface area contributed by atoms with Crippen molar-refractivity contribution in [2.75, 3.05) is 5.32 Å². The third-order valence-electron chi connectivity index (χ3n) is 4.06. The molecule has 2 amide bonds. The molecule has 1 fully saturated rings. The van der Waals surface area contributed by atoms with E-state index in [9.17, 15) is 9.18 Å². The summed E-state index contributed by atoms with van der Waals surface area (Å²) in [5.74, 6) is 0.231. The molecule has 3 rings (SSSR count). The summed E-state index contributed by atoms with van der Waals surface area (Å²) in [6.45, 7) is 0.462. The highest BCUT2D eigenvalue weighted by molar-refractivity contribution is 5.88. The quantitative estimate of drug-likeness (QED) is 0.906. The number of benzene rings is 1. The van der Waals surface area contributed by atoms with Crippen LogP contribution in [0.1, 0.15) is 37.7 Å². The number of nitrogens with zero attached hydrogens (tertiary/aromatic N) is 2. The Labute approximate surface area is 134 Å². The van der Waals surface area contributed by atoms with Crippen LogP contribution in [-0.4, -0.2) is 21.9 Å². The second-order valence-electron chi connectivity index (χ2n) is 5.96. The number of rotatable bonds is 4. The Hall–Kier alpha value is -2.37.